The minimum Gasteiger partial charge on any atom is -0.373 e. The first-order valence-corrected chi connectivity index (χ1v) is 7.96. The number of hydrogen-bond acceptors (Lipinski definition) is 3. The van der Waals surface area contributed by atoms with Crippen molar-refractivity contribution in [3.8, 4) is 0 Å². The highest BCUT2D eigenvalue weighted by atomic mass is 19.1. The molecule has 1 aromatic heterocycles. The van der Waals surface area contributed by atoms with Gasteiger partial charge in [0.2, 0.25) is 0 Å². The SMILES string of the molecule is Cc1ccc(NC(=O)NC[C@@H]2CCO[C@H]2c2ccc(F)cc2)cn1. The summed E-state index contributed by atoms with van der Waals surface area (Å²) in [6, 6.07) is 9.70. The summed E-state index contributed by atoms with van der Waals surface area (Å²) in [5.41, 5.74) is 2.48. The Kier molecular flexibility index (Phi) is 5.05. The number of hydrogen-bond donors (Lipinski definition) is 2. The molecular formula is C18H20FN3O2. The number of ether oxygens (including phenoxy) is 1. The summed E-state index contributed by atoms with van der Waals surface area (Å²) >= 11 is 0. The Hall–Kier alpha value is -2.47. The van der Waals surface area contributed by atoms with E-state index in [2.05, 4.69) is 15.6 Å². The first kappa shape index (κ1) is 16.4. The number of rotatable bonds is 4. The van der Waals surface area contributed by atoms with Crippen LogP contribution in [-0.4, -0.2) is 24.2 Å². The molecule has 6 heteroatoms. The number of carbonyl (C=O) groups excluding carboxylic acids is 1. The van der Waals surface area contributed by atoms with E-state index < -0.39 is 0 Å². The van der Waals surface area contributed by atoms with Crippen LogP contribution in [0.2, 0.25) is 0 Å². The van der Waals surface area contributed by atoms with E-state index in [1.54, 1.807) is 18.3 Å². The van der Waals surface area contributed by atoms with Crippen LogP contribution < -0.4 is 10.6 Å². The summed E-state index contributed by atoms with van der Waals surface area (Å²) in [7, 11) is 0. The van der Waals surface area contributed by atoms with Crippen LogP contribution >= 0.6 is 0 Å². The number of aryl methyl sites for hydroxylation is 1. The van der Waals surface area contributed by atoms with E-state index in [0.29, 0.717) is 18.8 Å². The highest BCUT2D eigenvalue weighted by molar-refractivity contribution is 5.88. The van der Waals surface area contributed by atoms with Crippen LogP contribution in [0.1, 0.15) is 23.8 Å². The lowest BCUT2D eigenvalue weighted by Gasteiger charge is -2.19. The molecule has 1 aliphatic rings. The predicted octanol–water partition coefficient (Wildman–Crippen LogP) is 3.43. The Morgan fingerprint density at radius 2 is 2.08 bits per heavy atom. The van der Waals surface area contributed by atoms with Crippen LogP contribution in [0, 0.1) is 18.7 Å². The van der Waals surface area contributed by atoms with Crippen molar-refractivity contribution in [1.82, 2.24) is 10.3 Å². The molecule has 1 aromatic carbocycles. The van der Waals surface area contributed by atoms with E-state index in [9.17, 15) is 9.18 Å². The average molecular weight is 329 g/mol. The number of pyridine rings is 1. The van der Waals surface area contributed by atoms with Gasteiger partial charge in [0.15, 0.2) is 0 Å². The van der Waals surface area contributed by atoms with Crippen molar-refractivity contribution >= 4 is 11.7 Å². The van der Waals surface area contributed by atoms with Crippen molar-refractivity contribution in [3.63, 3.8) is 0 Å². The zero-order chi connectivity index (χ0) is 16.9. The molecule has 0 spiro atoms. The molecular weight excluding hydrogens is 309 g/mol. The highest BCUT2D eigenvalue weighted by Crippen LogP contribution is 2.34. The fourth-order valence-corrected chi connectivity index (χ4v) is 2.80. The van der Waals surface area contributed by atoms with E-state index >= 15 is 0 Å². The topological polar surface area (TPSA) is 63.2 Å². The van der Waals surface area contributed by atoms with Crippen LogP contribution in [-0.2, 0) is 4.74 Å². The molecule has 0 radical (unpaired) electrons. The third-order valence-corrected chi connectivity index (χ3v) is 4.11. The molecule has 0 bridgehead atoms. The smallest absolute Gasteiger partial charge is 0.319 e. The molecule has 24 heavy (non-hydrogen) atoms. The van der Waals surface area contributed by atoms with E-state index in [4.69, 9.17) is 4.74 Å². The second-order valence-electron chi connectivity index (χ2n) is 5.91. The van der Waals surface area contributed by atoms with Gasteiger partial charge in [0, 0.05) is 24.8 Å². The van der Waals surface area contributed by atoms with Crippen molar-refractivity contribution in [2.24, 2.45) is 5.92 Å². The van der Waals surface area contributed by atoms with Crippen LogP contribution in [0.15, 0.2) is 42.6 Å². The first-order chi connectivity index (χ1) is 11.6. The number of nitrogens with zero attached hydrogens (tertiary/aromatic N) is 1. The van der Waals surface area contributed by atoms with Crippen LogP contribution in [0.3, 0.4) is 0 Å². The quantitative estimate of drug-likeness (QED) is 0.903. The van der Waals surface area contributed by atoms with Gasteiger partial charge >= 0.3 is 6.03 Å². The molecule has 1 fully saturated rings. The van der Waals surface area contributed by atoms with E-state index in [0.717, 1.165) is 17.7 Å². The van der Waals surface area contributed by atoms with Gasteiger partial charge in [-0.2, -0.15) is 0 Å². The number of nitrogens with one attached hydrogen (secondary N) is 2. The van der Waals surface area contributed by atoms with Gasteiger partial charge in [-0.15, -0.1) is 0 Å². The fourth-order valence-electron chi connectivity index (χ4n) is 2.80. The fraction of sp³-hybridized carbons (Fsp3) is 0.333. The average Bonchev–Trinajstić information content (AvgIpc) is 3.04. The van der Waals surface area contributed by atoms with E-state index in [-0.39, 0.29) is 23.9 Å². The van der Waals surface area contributed by atoms with Crippen molar-refractivity contribution in [1.29, 1.82) is 0 Å². The molecule has 2 N–H and O–H groups in total. The summed E-state index contributed by atoms with van der Waals surface area (Å²) in [5.74, 6) is -0.102. The van der Waals surface area contributed by atoms with Crippen molar-refractivity contribution < 1.29 is 13.9 Å². The Labute approximate surface area is 140 Å². The second kappa shape index (κ2) is 7.40. The molecule has 2 amide bonds. The van der Waals surface area contributed by atoms with Gasteiger partial charge in [-0.25, -0.2) is 9.18 Å². The lowest BCUT2D eigenvalue weighted by Crippen LogP contribution is -2.34. The standard InChI is InChI=1S/C18H20FN3O2/c1-12-2-7-16(11-20-12)22-18(23)21-10-14-8-9-24-17(14)13-3-5-15(19)6-4-13/h2-7,11,14,17H,8-10H2,1H3,(H2,21,22,23)/t14-,17-/m0/s1. The molecule has 1 saturated heterocycles. The van der Waals surface area contributed by atoms with Gasteiger partial charge in [0.05, 0.1) is 18.0 Å². The molecule has 0 unspecified atom stereocenters. The third kappa shape index (κ3) is 4.08. The summed E-state index contributed by atoms with van der Waals surface area (Å²) in [5, 5.41) is 5.62. The number of anilines is 1. The first-order valence-electron chi connectivity index (χ1n) is 7.96. The molecule has 1 aliphatic heterocycles. The summed E-state index contributed by atoms with van der Waals surface area (Å²) < 4.78 is 18.8. The lowest BCUT2D eigenvalue weighted by molar-refractivity contribution is 0.0911. The summed E-state index contributed by atoms with van der Waals surface area (Å²) in [6.07, 6.45) is 2.36. The number of amides is 2. The monoisotopic (exact) mass is 329 g/mol. The largest absolute Gasteiger partial charge is 0.373 e. The number of aromatic nitrogens is 1. The van der Waals surface area contributed by atoms with Gasteiger partial charge in [0.25, 0.3) is 0 Å². The minimum atomic E-state index is -0.273. The summed E-state index contributed by atoms with van der Waals surface area (Å²) in [6.45, 7) is 3.02. The number of urea groups is 1. The van der Waals surface area contributed by atoms with Gasteiger partial charge < -0.3 is 15.4 Å². The molecule has 2 heterocycles. The number of carbonyl (C=O) groups is 1. The molecule has 0 aliphatic carbocycles. The van der Waals surface area contributed by atoms with Crippen LogP contribution in [0.25, 0.3) is 0 Å². The zero-order valence-electron chi connectivity index (χ0n) is 13.5. The van der Waals surface area contributed by atoms with Crippen LogP contribution in [0.4, 0.5) is 14.9 Å². The van der Waals surface area contributed by atoms with Crippen molar-refractivity contribution in [2.75, 3.05) is 18.5 Å². The van der Waals surface area contributed by atoms with Gasteiger partial charge in [-0.05, 0) is 43.2 Å². The lowest BCUT2D eigenvalue weighted by atomic mass is 9.95. The molecule has 0 saturated carbocycles. The van der Waals surface area contributed by atoms with Gasteiger partial charge in [-0.3, -0.25) is 4.98 Å². The Morgan fingerprint density at radius 3 is 2.79 bits per heavy atom. The maximum Gasteiger partial charge on any atom is 0.319 e. The normalized spacial score (nSPS) is 19.9. The third-order valence-electron chi connectivity index (χ3n) is 4.11. The molecule has 5 nitrogen and oxygen atoms in total. The van der Waals surface area contributed by atoms with Crippen molar-refractivity contribution in [3.05, 3.63) is 59.7 Å². The predicted molar refractivity (Wildman–Crippen MR) is 89.2 cm³/mol. The Bertz CT molecular complexity index is 688. The maximum atomic E-state index is 13.0. The second-order valence-corrected chi connectivity index (χ2v) is 5.91. The highest BCUT2D eigenvalue weighted by Gasteiger charge is 2.29. The van der Waals surface area contributed by atoms with Gasteiger partial charge in [-0.1, -0.05) is 12.1 Å². The maximum absolute atomic E-state index is 13.0. The molecule has 2 atom stereocenters. The summed E-state index contributed by atoms with van der Waals surface area (Å²) in [4.78, 5) is 16.1. The molecule has 2 aromatic rings. The van der Waals surface area contributed by atoms with Crippen LogP contribution in [0.5, 0.6) is 0 Å². The van der Waals surface area contributed by atoms with Gasteiger partial charge in [0.1, 0.15) is 5.82 Å². The number of benzene rings is 1. The Balaban J connectivity index is 1.54. The molecule has 126 valence electrons. The zero-order valence-corrected chi connectivity index (χ0v) is 13.5. The van der Waals surface area contributed by atoms with E-state index in [1.165, 1.54) is 12.1 Å². The Morgan fingerprint density at radius 1 is 1.29 bits per heavy atom. The molecule has 3 rings (SSSR count). The van der Waals surface area contributed by atoms with Crippen molar-refractivity contribution in [2.45, 2.75) is 19.4 Å². The minimum absolute atomic E-state index is 0.119. The number of halogens is 1. The van der Waals surface area contributed by atoms with E-state index in [1.807, 2.05) is 19.1 Å².